The predicted molar refractivity (Wildman–Crippen MR) is 98.9 cm³/mol. The maximum absolute atomic E-state index is 12.4. The molecule has 0 N–H and O–H groups in total. The van der Waals surface area contributed by atoms with Crippen molar-refractivity contribution in [2.75, 3.05) is 13.1 Å². The van der Waals surface area contributed by atoms with E-state index in [0.717, 1.165) is 42.0 Å². The van der Waals surface area contributed by atoms with Crippen molar-refractivity contribution in [2.24, 2.45) is 0 Å². The van der Waals surface area contributed by atoms with E-state index in [0.29, 0.717) is 11.4 Å². The van der Waals surface area contributed by atoms with Crippen LogP contribution in [0, 0.1) is 0 Å². The van der Waals surface area contributed by atoms with Gasteiger partial charge in [-0.3, -0.25) is 4.79 Å². The summed E-state index contributed by atoms with van der Waals surface area (Å²) in [7, 11) is 0. The lowest BCUT2D eigenvalue weighted by Gasteiger charge is -2.30. The lowest BCUT2D eigenvalue weighted by molar-refractivity contribution is -0.133. The highest BCUT2D eigenvalue weighted by molar-refractivity contribution is 6.30. The number of likely N-dealkylation sites (tertiary alicyclic amines) is 1. The summed E-state index contributed by atoms with van der Waals surface area (Å²) in [6.45, 7) is 1.73. The average molecular weight is 352 g/mol. The molecule has 4 rings (SSSR count). The number of aromatic nitrogens is 2. The van der Waals surface area contributed by atoms with Crippen LogP contribution < -0.4 is 0 Å². The first-order chi connectivity index (χ1) is 12.2. The molecule has 25 heavy (non-hydrogen) atoms. The lowest BCUT2D eigenvalue weighted by atomic mass is 10.0. The Morgan fingerprint density at radius 2 is 1.76 bits per heavy atom. The van der Waals surface area contributed by atoms with E-state index in [2.05, 4.69) is 0 Å². The molecule has 0 atom stereocenters. The lowest BCUT2D eigenvalue weighted by Crippen LogP contribution is -2.42. The summed E-state index contributed by atoms with van der Waals surface area (Å²) in [4.78, 5) is 14.3. The van der Waals surface area contributed by atoms with E-state index in [1.807, 2.05) is 70.4 Å². The predicted octanol–water partition coefficient (Wildman–Crippen LogP) is 3.97. The van der Waals surface area contributed by atoms with Crippen molar-refractivity contribution in [3.05, 3.63) is 71.4 Å². The molecule has 0 saturated carbocycles. The molecular weight excluding hydrogens is 334 g/mol. The Balaban J connectivity index is 1.72. The molecule has 4 nitrogen and oxygen atoms in total. The summed E-state index contributed by atoms with van der Waals surface area (Å²) < 4.78 is 1.84. The van der Waals surface area contributed by atoms with Gasteiger partial charge >= 0.3 is 0 Å². The minimum absolute atomic E-state index is 0.161. The normalized spacial score (nSPS) is 13.6. The molecule has 1 aliphatic rings. The van der Waals surface area contributed by atoms with Gasteiger partial charge in [-0.15, -0.1) is 0 Å². The van der Waals surface area contributed by atoms with Gasteiger partial charge in [-0.25, -0.2) is 4.68 Å². The fourth-order valence-corrected chi connectivity index (χ4v) is 3.07. The molecule has 1 amide bonds. The highest BCUT2D eigenvalue weighted by Crippen LogP contribution is 2.26. The molecule has 0 spiro atoms. The molecule has 0 radical (unpaired) electrons. The molecule has 1 aliphatic heterocycles. The number of benzene rings is 2. The Kier molecular flexibility index (Phi) is 4.28. The summed E-state index contributed by atoms with van der Waals surface area (Å²) in [5, 5.41) is 5.42. The van der Waals surface area contributed by atoms with Crippen LogP contribution in [0.1, 0.15) is 12.0 Å². The number of carbonyl (C=O) groups excluding carboxylic acids is 1. The fraction of sp³-hybridized carbons (Fsp3) is 0.200. The standard InChI is InChI=1S/C20H18ClN3O/c21-17-9-7-15(8-10-17)20-16(13-19(25)23-11-4-12-23)14-24(22-20)18-5-2-1-3-6-18/h1-3,5-10,14H,4,11-13H2. The van der Waals surface area contributed by atoms with E-state index >= 15 is 0 Å². The molecule has 3 aromatic rings. The number of hydrogen-bond acceptors (Lipinski definition) is 2. The van der Waals surface area contributed by atoms with Gasteiger partial charge in [-0.1, -0.05) is 41.9 Å². The number of halogens is 1. The Morgan fingerprint density at radius 3 is 2.40 bits per heavy atom. The molecule has 5 heteroatoms. The summed E-state index contributed by atoms with van der Waals surface area (Å²) in [5.41, 5.74) is 3.70. The minimum Gasteiger partial charge on any atom is -0.342 e. The summed E-state index contributed by atoms with van der Waals surface area (Å²) in [5.74, 6) is 0.161. The summed E-state index contributed by atoms with van der Waals surface area (Å²) in [6, 6.07) is 17.5. The van der Waals surface area contributed by atoms with E-state index in [1.54, 1.807) is 0 Å². The number of rotatable bonds is 4. The average Bonchev–Trinajstić information content (AvgIpc) is 2.98. The third-order valence-corrected chi connectivity index (χ3v) is 4.73. The third kappa shape index (κ3) is 3.30. The molecule has 2 aromatic carbocycles. The summed E-state index contributed by atoms with van der Waals surface area (Å²) in [6.07, 6.45) is 3.42. The van der Waals surface area contributed by atoms with Gasteiger partial charge in [0.2, 0.25) is 5.91 Å². The minimum atomic E-state index is 0.161. The molecule has 1 saturated heterocycles. The van der Waals surface area contributed by atoms with Crippen LogP contribution in [0.15, 0.2) is 60.8 Å². The smallest absolute Gasteiger partial charge is 0.227 e. The molecule has 1 fully saturated rings. The molecule has 0 aliphatic carbocycles. The molecule has 2 heterocycles. The maximum atomic E-state index is 12.4. The fourth-order valence-electron chi connectivity index (χ4n) is 2.94. The first-order valence-corrected chi connectivity index (χ1v) is 8.76. The zero-order valence-electron chi connectivity index (χ0n) is 13.7. The highest BCUT2D eigenvalue weighted by atomic mass is 35.5. The van der Waals surface area contributed by atoms with Gasteiger partial charge in [0.25, 0.3) is 0 Å². The van der Waals surface area contributed by atoms with Crippen molar-refractivity contribution in [2.45, 2.75) is 12.8 Å². The number of carbonyl (C=O) groups is 1. The second-order valence-electron chi connectivity index (χ2n) is 6.20. The van der Waals surface area contributed by atoms with Gasteiger partial charge < -0.3 is 4.90 Å². The Morgan fingerprint density at radius 1 is 1.04 bits per heavy atom. The van der Waals surface area contributed by atoms with E-state index in [-0.39, 0.29) is 5.91 Å². The second kappa shape index (κ2) is 6.73. The maximum Gasteiger partial charge on any atom is 0.227 e. The van der Waals surface area contributed by atoms with E-state index in [4.69, 9.17) is 16.7 Å². The molecule has 0 bridgehead atoms. The number of nitrogens with zero attached hydrogens (tertiary/aromatic N) is 3. The van der Waals surface area contributed by atoms with Crippen molar-refractivity contribution >= 4 is 17.5 Å². The second-order valence-corrected chi connectivity index (χ2v) is 6.64. The van der Waals surface area contributed by atoms with Crippen LogP contribution in [-0.4, -0.2) is 33.7 Å². The zero-order valence-corrected chi connectivity index (χ0v) is 14.5. The third-order valence-electron chi connectivity index (χ3n) is 4.48. The topological polar surface area (TPSA) is 38.1 Å². The van der Waals surface area contributed by atoms with Gasteiger partial charge in [0.1, 0.15) is 0 Å². The van der Waals surface area contributed by atoms with Crippen molar-refractivity contribution in [3.63, 3.8) is 0 Å². The van der Waals surface area contributed by atoms with Gasteiger partial charge in [0.15, 0.2) is 0 Å². The van der Waals surface area contributed by atoms with Crippen LogP contribution in [0.4, 0.5) is 0 Å². The molecule has 0 unspecified atom stereocenters. The Labute approximate surface area is 151 Å². The van der Waals surface area contributed by atoms with Gasteiger partial charge in [-0.05, 0) is 30.7 Å². The van der Waals surface area contributed by atoms with Crippen LogP contribution in [0.25, 0.3) is 16.9 Å². The van der Waals surface area contributed by atoms with E-state index in [9.17, 15) is 4.79 Å². The summed E-state index contributed by atoms with van der Waals surface area (Å²) >= 11 is 6.01. The molecule has 126 valence electrons. The van der Waals surface area contributed by atoms with Crippen molar-refractivity contribution in [3.8, 4) is 16.9 Å². The zero-order chi connectivity index (χ0) is 17.2. The molecular formula is C20H18ClN3O. The number of para-hydroxylation sites is 1. The largest absolute Gasteiger partial charge is 0.342 e. The first-order valence-electron chi connectivity index (χ1n) is 8.38. The first kappa shape index (κ1) is 15.9. The quantitative estimate of drug-likeness (QED) is 0.713. The van der Waals surface area contributed by atoms with Gasteiger partial charge in [-0.2, -0.15) is 5.10 Å². The van der Waals surface area contributed by atoms with Crippen LogP contribution in [0.5, 0.6) is 0 Å². The van der Waals surface area contributed by atoms with Crippen molar-refractivity contribution in [1.82, 2.24) is 14.7 Å². The van der Waals surface area contributed by atoms with E-state index in [1.165, 1.54) is 0 Å². The van der Waals surface area contributed by atoms with Gasteiger partial charge in [0, 0.05) is 35.4 Å². The number of amides is 1. The monoisotopic (exact) mass is 351 g/mol. The van der Waals surface area contributed by atoms with Gasteiger partial charge in [0.05, 0.1) is 17.8 Å². The molecule has 1 aromatic heterocycles. The van der Waals surface area contributed by atoms with Crippen LogP contribution in [0.2, 0.25) is 5.02 Å². The van der Waals surface area contributed by atoms with Crippen LogP contribution in [-0.2, 0) is 11.2 Å². The highest BCUT2D eigenvalue weighted by Gasteiger charge is 2.23. The Bertz CT molecular complexity index is 883. The van der Waals surface area contributed by atoms with Crippen LogP contribution in [0.3, 0.4) is 0 Å². The van der Waals surface area contributed by atoms with Crippen molar-refractivity contribution in [1.29, 1.82) is 0 Å². The SMILES string of the molecule is O=C(Cc1cn(-c2ccccc2)nc1-c1ccc(Cl)cc1)N1CCC1. The Hall–Kier alpha value is -2.59. The van der Waals surface area contributed by atoms with E-state index < -0.39 is 0 Å². The van der Waals surface area contributed by atoms with Crippen LogP contribution >= 0.6 is 11.6 Å². The number of hydrogen-bond donors (Lipinski definition) is 0. The van der Waals surface area contributed by atoms with Crippen molar-refractivity contribution < 1.29 is 4.79 Å².